The van der Waals surface area contributed by atoms with E-state index in [2.05, 4.69) is 5.32 Å². The first-order valence-corrected chi connectivity index (χ1v) is 8.07. The molecule has 5 nitrogen and oxygen atoms in total. The third-order valence-corrected chi connectivity index (χ3v) is 3.98. The number of ether oxygens (including phenoxy) is 2. The van der Waals surface area contributed by atoms with Gasteiger partial charge in [0.15, 0.2) is 0 Å². The molecule has 1 unspecified atom stereocenters. The van der Waals surface area contributed by atoms with Crippen molar-refractivity contribution in [2.24, 2.45) is 5.73 Å². The Labute approximate surface area is 132 Å². The Morgan fingerprint density at radius 2 is 2.18 bits per heavy atom. The molecule has 0 spiro atoms. The van der Waals surface area contributed by atoms with Crippen molar-refractivity contribution < 1.29 is 14.3 Å². The Balaban J connectivity index is 2.04. The largest absolute Gasteiger partial charge is 0.494 e. The second-order valence-corrected chi connectivity index (χ2v) is 5.50. The Bertz CT molecular complexity index is 493. The molecular weight excluding hydrogens is 280 g/mol. The van der Waals surface area contributed by atoms with Crippen LogP contribution in [-0.4, -0.2) is 31.3 Å². The summed E-state index contributed by atoms with van der Waals surface area (Å²) in [5.74, 6) is 0.762. The molecular formula is C17H26N2O3. The van der Waals surface area contributed by atoms with Crippen molar-refractivity contribution in [3.8, 4) is 5.75 Å². The number of hydrogen-bond acceptors (Lipinski definition) is 4. The van der Waals surface area contributed by atoms with E-state index in [0.29, 0.717) is 13.2 Å². The van der Waals surface area contributed by atoms with Gasteiger partial charge in [0.25, 0.3) is 0 Å². The van der Waals surface area contributed by atoms with Gasteiger partial charge in [-0.3, -0.25) is 4.79 Å². The molecule has 5 heteroatoms. The van der Waals surface area contributed by atoms with Crippen LogP contribution >= 0.6 is 0 Å². The van der Waals surface area contributed by atoms with Gasteiger partial charge in [-0.25, -0.2) is 0 Å². The second-order valence-electron chi connectivity index (χ2n) is 5.50. The topological polar surface area (TPSA) is 73.6 Å². The van der Waals surface area contributed by atoms with Crippen LogP contribution in [0.3, 0.4) is 0 Å². The van der Waals surface area contributed by atoms with Gasteiger partial charge in [-0.15, -0.1) is 0 Å². The molecule has 1 aliphatic rings. The number of para-hydroxylation sites is 1. The first-order chi connectivity index (χ1) is 10.7. The molecule has 0 saturated carbocycles. The molecule has 3 N–H and O–H groups in total. The van der Waals surface area contributed by atoms with E-state index in [0.717, 1.165) is 30.6 Å². The van der Waals surface area contributed by atoms with Gasteiger partial charge in [0.2, 0.25) is 5.91 Å². The lowest BCUT2D eigenvalue weighted by Gasteiger charge is -2.22. The van der Waals surface area contributed by atoms with Crippen LogP contribution in [-0.2, 0) is 9.53 Å². The highest BCUT2D eigenvalue weighted by Crippen LogP contribution is 2.28. The Morgan fingerprint density at radius 3 is 2.82 bits per heavy atom. The number of carbonyl (C=O) groups is 1. The molecule has 0 aromatic heterocycles. The number of carbonyl (C=O) groups excluding carboxylic acids is 1. The summed E-state index contributed by atoms with van der Waals surface area (Å²) in [7, 11) is 0. The molecule has 22 heavy (non-hydrogen) atoms. The van der Waals surface area contributed by atoms with Crippen LogP contribution in [0.15, 0.2) is 24.3 Å². The van der Waals surface area contributed by atoms with Crippen molar-refractivity contribution in [3.63, 3.8) is 0 Å². The van der Waals surface area contributed by atoms with Gasteiger partial charge in [0.1, 0.15) is 11.9 Å². The van der Waals surface area contributed by atoms with Gasteiger partial charge in [0, 0.05) is 12.1 Å². The Morgan fingerprint density at radius 1 is 1.41 bits per heavy atom. The first-order valence-electron chi connectivity index (χ1n) is 8.07. The molecule has 1 aromatic rings. The fourth-order valence-electron chi connectivity index (χ4n) is 2.79. The van der Waals surface area contributed by atoms with E-state index >= 15 is 0 Å². The van der Waals surface area contributed by atoms with Crippen molar-refractivity contribution in [1.29, 1.82) is 0 Å². The van der Waals surface area contributed by atoms with Gasteiger partial charge in [-0.1, -0.05) is 25.1 Å². The van der Waals surface area contributed by atoms with Gasteiger partial charge >= 0.3 is 0 Å². The van der Waals surface area contributed by atoms with Gasteiger partial charge in [0.05, 0.1) is 18.8 Å². The number of benzene rings is 1. The second kappa shape index (κ2) is 8.15. The van der Waals surface area contributed by atoms with E-state index in [-0.39, 0.29) is 24.2 Å². The summed E-state index contributed by atoms with van der Waals surface area (Å²) in [6.45, 7) is 5.07. The summed E-state index contributed by atoms with van der Waals surface area (Å²) in [5.41, 5.74) is 6.60. The van der Waals surface area contributed by atoms with Crippen LogP contribution in [0, 0.1) is 0 Å². The number of nitrogens with one attached hydrogen (secondary N) is 1. The lowest BCUT2D eigenvalue weighted by Crippen LogP contribution is -2.37. The van der Waals surface area contributed by atoms with Gasteiger partial charge in [-0.05, 0) is 32.3 Å². The van der Waals surface area contributed by atoms with Crippen LogP contribution in [0.2, 0.25) is 0 Å². The Hall–Kier alpha value is -1.59. The van der Waals surface area contributed by atoms with E-state index in [1.165, 1.54) is 0 Å². The molecule has 1 heterocycles. The van der Waals surface area contributed by atoms with Crippen molar-refractivity contribution in [3.05, 3.63) is 29.8 Å². The lowest BCUT2D eigenvalue weighted by molar-refractivity contribution is -0.132. The van der Waals surface area contributed by atoms with Crippen LogP contribution in [0.4, 0.5) is 0 Å². The highest BCUT2D eigenvalue weighted by atomic mass is 16.5. The fourth-order valence-corrected chi connectivity index (χ4v) is 2.79. The minimum atomic E-state index is -0.387. The molecule has 2 rings (SSSR count). The third kappa shape index (κ3) is 3.99. The molecule has 1 amide bonds. The molecule has 1 aliphatic heterocycles. The fraction of sp³-hybridized carbons (Fsp3) is 0.588. The summed E-state index contributed by atoms with van der Waals surface area (Å²) in [6, 6.07) is 7.76. The highest BCUT2D eigenvalue weighted by molar-refractivity contribution is 5.81. The molecule has 122 valence electrons. The van der Waals surface area contributed by atoms with E-state index in [9.17, 15) is 4.79 Å². The number of nitrogens with two attached hydrogens (primary N) is 1. The molecule has 1 saturated heterocycles. The lowest BCUT2D eigenvalue weighted by atomic mass is 10.0. The average molecular weight is 306 g/mol. The number of rotatable bonds is 7. The predicted molar refractivity (Wildman–Crippen MR) is 85.7 cm³/mol. The molecule has 1 fully saturated rings. The van der Waals surface area contributed by atoms with Crippen LogP contribution in [0.5, 0.6) is 5.75 Å². The monoisotopic (exact) mass is 306 g/mol. The quantitative estimate of drug-likeness (QED) is 0.809. The van der Waals surface area contributed by atoms with E-state index in [1.807, 2.05) is 38.1 Å². The summed E-state index contributed by atoms with van der Waals surface area (Å²) < 4.78 is 11.3. The maximum Gasteiger partial charge on any atom is 0.249 e. The number of hydrogen-bond donors (Lipinski definition) is 2. The van der Waals surface area contributed by atoms with E-state index in [4.69, 9.17) is 15.2 Å². The van der Waals surface area contributed by atoms with Crippen LogP contribution in [0.25, 0.3) is 0 Å². The first kappa shape index (κ1) is 16.8. The smallest absolute Gasteiger partial charge is 0.249 e. The molecule has 1 aromatic carbocycles. The number of amides is 1. The van der Waals surface area contributed by atoms with Crippen molar-refractivity contribution in [2.45, 2.75) is 51.4 Å². The van der Waals surface area contributed by atoms with Crippen molar-refractivity contribution in [1.82, 2.24) is 5.32 Å². The summed E-state index contributed by atoms with van der Waals surface area (Å²) >= 11 is 0. The van der Waals surface area contributed by atoms with Crippen LogP contribution in [0.1, 0.15) is 44.7 Å². The van der Waals surface area contributed by atoms with E-state index in [1.54, 1.807) is 0 Å². The zero-order valence-corrected chi connectivity index (χ0v) is 13.4. The van der Waals surface area contributed by atoms with E-state index < -0.39 is 0 Å². The highest BCUT2D eigenvalue weighted by Gasteiger charge is 2.31. The van der Waals surface area contributed by atoms with Gasteiger partial charge in [-0.2, -0.15) is 0 Å². The standard InChI is InChI=1S/C17H26N2O3/c1-3-14(13-7-5-6-8-15(13)21-4-2)19-17(20)16-10-9-12(11-18)22-16/h5-8,12,14,16H,3-4,9-11,18H2,1-2H3,(H,19,20)/t12-,14?,16+/m1/s1. The van der Waals surface area contributed by atoms with Gasteiger partial charge < -0.3 is 20.5 Å². The van der Waals surface area contributed by atoms with Crippen molar-refractivity contribution in [2.75, 3.05) is 13.2 Å². The zero-order valence-electron chi connectivity index (χ0n) is 13.4. The minimum Gasteiger partial charge on any atom is -0.494 e. The van der Waals surface area contributed by atoms with Crippen molar-refractivity contribution >= 4 is 5.91 Å². The normalized spacial score (nSPS) is 22.3. The molecule has 0 bridgehead atoms. The Kier molecular flexibility index (Phi) is 6.21. The van der Waals surface area contributed by atoms with Crippen LogP contribution < -0.4 is 15.8 Å². The average Bonchev–Trinajstić information content (AvgIpc) is 3.03. The SMILES string of the molecule is CCOc1ccccc1C(CC)NC(=O)[C@@H]1CC[C@H](CN)O1. The summed E-state index contributed by atoms with van der Waals surface area (Å²) in [4.78, 5) is 12.4. The zero-order chi connectivity index (χ0) is 15.9. The molecule has 3 atom stereocenters. The summed E-state index contributed by atoms with van der Waals surface area (Å²) in [6.07, 6.45) is 1.99. The third-order valence-electron chi connectivity index (χ3n) is 3.98. The predicted octanol–water partition coefficient (Wildman–Crippen LogP) is 2.16. The molecule has 0 radical (unpaired) electrons. The maximum absolute atomic E-state index is 12.4. The maximum atomic E-state index is 12.4. The minimum absolute atomic E-state index is 0.00605. The molecule has 0 aliphatic carbocycles. The summed E-state index contributed by atoms with van der Waals surface area (Å²) in [5, 5.41) is 3.08.